The van der Waals surface area contributed by atoms with Crippen molar-refractivity contribution < 1.29 is 9.18 Å². The van der Waals surface area contributed by atoms with Gasteiger partial charge in [-0.15, -0.1) is 11.3 Å². The predicted octanol–water partition coefficient (Wildman–Crippen LogP) is 5.03. The number of thiophene rings is 1. The molecule has 3 rings (SSSR count). The number of ketones is 1. The number of fused-ring (bicyclic) bond motifs is 1. The first-order valence-electron chi connectivity index (χ1n) is 5.63. The third kappa shape index (κ3) is 2.22. The highest BCUT2D eigenvalue weighted by Crippen LogP contribution is 2.33. The molecule has 0 amide bonds. The van der Waals surface area contributed by atoms with E-state index in [-0.39, 0.29) is 11.6 Å². The molecular formula is C15H8BrFOS. The standard InChI is InChI=1S/C15H8BrFOS/c16-13-3-1-2-11-12(8-19-15(11)13)14(18)9-4-6-10(17)7-5-9/h1-8H. The minimum absolute atomic E-state index is 0.0793. The van der Waals surface area contributed by atoms with Gasteiger partial charge < -0.3 is 0 Å². The number of carbonyl (C=O) groups excluding carboxylic acids is 1. The lowest BCUT2D eigenvalue weighted by molar-refractivity contribution is 0.104. The molecule has 4 heteroatoms. The van der Waals surface area contributed by atoms with Crippen LogP contribution < -0.4 is 0 Å². The second-order valence-electron chi connectivity index (χ2n) is 4.10. The van der Waals surface area contributed by atoms with Crippen molar-refractivity contribution in [2.75, 3.05) is 0 Å². The van der Waals surface area contributed by atoms with Gasteiger partial charge in [-0.05, 0) is 46.3 Å². The Morgan fingerprint density at radius 3 is 2.58 bits per heavy atom. The Labute approximate surface area is 121 Å². The molecule has 0 fully saturated rings. The molecule has 0 bridgehead atoms. The molecular weight excluding hydrogens is 327 g/mol. The van der Waals surface area contributed by atoms with Crippen LogP contribution in [0.2, 0.25) is 0 Å². The molecule has 19 heavy (non-hydrogen) atoms. The Bertz CT molecular complexity index is 761. The van der Waals surface area contributed by atoms with Crippen LogP contribution >= 0.6 is 27.3 Å². The number of carbonyl (C=O) groups is 1. The first kappa shape index (κ1) is 12.5. The SMILES string of the molecule is O=C(c1ccc(F)cc1)c1csc2c(Br)cccc12. The van der Waals surface area contributed by atoms with Crippen molar-refractivity contribution in [3.8, 4) is 0 Å². The molecule has 2 aromatic carbocycles. The van der Waals surface area contributed by atoms with Crippen LogP contribution in [0.3, 0.4) is 0 Å². The molecule has 0 N–H and O–H groups in total. The Morgan fingerprint density at radius 1 is 1.11 bits per heavy atom. The van der Waals surface area contributed by atoms with E-state index >= 15 is 0 Å². The summed E-state index contributed by atoms with van der Waals surface area (Å²) in [4.78, 5) is 12.4. The number of hydrogen-bond acceptors (Lipinski definition) is 2. The zero-order chi connectivity index (χ0) is 13.4. The largest absolute Gasteiger partial charge is 0.289 e. The van der Waals surface area contributed by atoms with Crippen molar-refractivity contribution in [3.05, 3.63) is 69.3 Å². The van der Waals surface area contributed by atoms with E-state index < -0.39 is 0 Å². The zero-order valence-electron chi connectivity index (χ0n) is 9.69. The van der Waals surface area contributed by atoms with E-state index in [2.05, 4.69) is 15.9 Å². The summed E-state index contributed by atoms with van der Waals surface area (Å²) in [6.07, 6.45) is 0. The summed E-state index contributed by atoms with van der Waals surface area (Å²) >= 11 is 5.00. The van der Waals surface area contributed by atoms with Gasteiger partial charge in [-0.2, -0.15) is 0 Å². The first-order valence-corrected chi connectivity index (χ1v) is 7.30. The molecule has 0 radical (unpaired) electrons. The highest BCUT2D eigenvalue weighted by atomic mass is 79.9. The van der Waals surface area contributed by atoms with Crippen LogP contribution in [0, 0.1) is 5.82 Å². The van der Waals surface area contributed by atoms with Gasteiger partial charge in [0, 0.05) is 31.1 Å². The van der Waals surface area contributed by atoms with E-state index in [1.807, 2.05) is 23.6 Å². The quantitative estimate of drug-likeness (QED) is 0.600. The maximum Gasteiger partial charge on any atom is 0.194 e. The highest BCUT2D eigenvalue weighted by Gasteiger charge is 2.15. The number of rotatable bonds is 2. The summed E-state index contributed by atoms with van der Waals surface area (Å²) in [6.45, 7) is 0. The minimum Gasteiger partial charge on any atom is -0.289 e. The minimum atomic E-state index is -0.338. The second kappa shape index (κ2) is 4.87. The van der Waals surface area contributed by atoms with Crippen molar-refractivity contribution in [1.82, 2.24) is 0 Å². The Morgan fingerprint density at radius 2 is 1.84 bits per heavy atom. The van der Waals surface area contributed by atoms with Gasteiger partial charge in [-0.3, -0.25) is 4.79 Å². The lowest BCUT2D eigenvalue weighted by Crippen LogP contribution is -2.00. The van der Waals surface area contributed by atoms with Gasteiger partial charge in [0.25, 0.3) is 0 Å². The fraction of sp³-hybridized carbons (Fsp3) is 0. The van der Waals surface area contributed by atoms with Crippen LogP contribution in [0.15, 0.2) is 52.3 Å². The molecule has 1 aromatic heterocycles. The third-order valence-corrected chi connectivity index (χ3v) is 4.86. The van der Waals surface area contributed by atoms with Crippen LogP contribution in [-0.4, -0.2) is 5.78 Å². The fourth-order valence-corrected chi connectivity index (χ4v) is 3.56. The van der Waals surface area contributed by atoms with Crippen LogP contribution in [0.5, 0.6) is 0 Å². The van der Waals surface area contributed by atoms with Gasteiger partial charge >= 0.3 is 0 Å². The number of benzene rings is 2. The van der Waals surface area contributed by atoms with Gasteiger partial charge in [-0.1, -0.05) is 12.1 Å². The summed E-state index contributed by atoms with van der Waals surface area (Å²) in [7, 11) is 0. The summed E-state index contributed by atoms with van der Waals surface area (Å²) in [5.74, 6) is -0.418. The van der Waals surface area contributed by atoms with Crippen molar-refractivity contribution in [2.24, 2.45) is 0 Å². The molecule has 0 saturated carbocycles. The average Bonchev–Trinajstić information content (AvgIpc) is 2.84. The lowest BCUT2D eigenvalue weighted by atomic mass is 10.0. The van der Waals surface area contributed by atoms with Gasteiger partial charge in [0.05, 0.1) is 0 Å². The summed E-state index contributed by atoms with van der Waals surface area (Å²) in [5.41, 5.74) is 1.16. The Hall–Kier alpha value is -1.52. The normalized spacial score (nSPS) is 10.8. The maximum absolute atomic E-state index is 12.9. The van der Waals surface area contributed by atoms with Gasteiger partial charge in [-0.25, -0.2) is 4.39 Å². The molecule has 0 atom stereocenters. The molecule has 0 spiro atoms. The fourth-order valence-electron chi connectivity index (χ4n) is 1.95. The van der Waals surface area contributed by atoms with E-state index in [1.165, 1.54) is 35.6 Å². The van der Waals surface area contributed by atoms with E-state index in [1.54, 1.807) is 0 Å². The Balaban J connectivity index is 2.12. The molecule has 0 aliphatic carbocycles. The lowest BCUT2D eigenvalue weighted by Gasteiger charge is -2.00. The summed E-state index contributed by atoms with van der Waals surface area (Å²) in [5, 5.41) is 2.77. The molecule has 1 heterocycles. The van der Waals surface area contributed by atoms with Crippen molar-refractivity contribution >= 4 is 43.1 Å². The average molecular weight is 335 g/mol. The van der Waals surface area contributed by atoms with E-state index in [4.69, 9.17) is 0 Å². The molecule has 1 nitrogen and oxygen atoms in total. The predicted molar refractivity (Wildman–Crippen MR) is 79.4 cm³/mol. The van der Waals surface area contributed by atoms with Gasteiger partial charge in [0.1, 0.15) is 5.82 Å². The molecule has 0 aliphatic heterocycles. The van der Waals surface area contributed by atoms with Crippen LogP contribution in [0.1, 0.15) is 15.9 Å². The summed E-state index contributed by atoms with van der Waals surface area (Å²) < 4.78 is 14.9. The number of hydrogen-bond donors (Lipinski definition) is 0. The van der Waals surface area contributed by atoms with Crippen molar-refractivity contribution in [3.63, 3.8) is 0 Å². The van der Waals surface area contributed by atoms with E-state index in [0.29, 0.717) is 11.1 Å². The smallest absolute Gasteiger partial charge is 0.194 e. The van der Waals surface area contributed by atoms with Gasteiger partial charge in [0.2, 0.25) is 0 Å². The second-order valence-corrected chi connectivity index (χ2v) is 5.84. The van der Waals surface area contributed by atoms with Crippen molar-refractivity contribution in [1.29, 1.82) is 0 Å². The van der Waals surface area contributed by atoms with Crippen LogP contribution in [0.25, 0.3) is 10.1 Å². The van der Waals surface area contributed by atoms with Gasteiger partial charge in [0.15, 0.2) is 5.78 Å². The topological polar surface area (TPSA) is 17.1 Å². The number of halogens is 2. The monoisotopic (exact) mass is 334 g/mol. The molecule has 0 saturated heterocycles. The van der Waals surface area contributed by atoms with Crippen LogP contribution in [-0.2, 0) is 0 Å². The Kier molecular flexibility index (Phi) is 3.21. The van der Waals surface area contributed by atoms with Crippen molar-refractivity contribution in [2.45, 2.75) is 0 Å². The molecule has 3 aromatic rings. The molecule has 0 unspecified atom stereocenters. The van der Waals surface area contributed by atoms with E-state index in [9.17, 15) is 9.18 Å². The maximum atomic E-state index is 12.9. The van der Waals surface area contributed by atoms with E-state index in [0.717, 1.165) is 14.6 Å². The highest BCUT2D eigenvalue weighted by molar-refractivity contribution is 9.10. The third-order valence-electron chi connectivity index (χ3n) is 2.90. The molecule has 94 valence electrons. The van der Waals surface area contributed by atoms with Crippen LogP contribution in [0.4, 0.5) is 4.39 Å². The molecule has 0 aliphatic rings. The summed E-state index contributed by atoms with van der Waals surface area (Å²) in [6, 6.07) is 11.4. The first-order chi connectivity index (χ1) is 9.16. The zero-order valence-corrected chi connectivity index (χ0v) is 12.1.